The molecule has 3 fully saturated rings. The van der Waals surface area contributed by atoms with Gasteiger partial charge >= 0.3 is 5.97 Å². The van der Waals surface area contributed by atoms with Crippen molar-refractivity contribution in [3.05, 3.63) is 0 Å². The summed E-state index contributed by atoms with van der Waals surface area (Å²) in [5.41, 5.74) is 0. The third-order valence-electron chi connectivity index (χ3n) is 5.43. The minimum absolute atomic E-state index is 0.220. The van der Waals surface area contributed by atoms with E-state index in [1.165, 1.54) is 4.31 Å². The summed E-state index contributed by atoms with van der Waals surface area (Å²) in [4.78, 5) is 11.2. The maximum absolute atomic E-state index is 13.9. The van der Waals surface area contributed by atoms with Gasteiger partial charge in [-0.1, -0.05) is 6.42 Å². The van der Waals surface area contributed by atoms with Crippen molar-refractivity contribution >= 4 is 16.0 Å². The lowest BCUT2D eigenvalue weighted by atomic mass is 9.87. The highest BCUT2D eigenvalue weighted by molar-refractivity contribution is 7.89. The highest BCUT2D eigenvalue weighted by Gasteiger charge is 2.55. The molecule has 0 aromatic heterocycles. The summed E-state index contributed by atoms with van der Waals surface area (Å²) >= 11 is 0. The average Bonchev–Trinajstić information content (AvgIpc) is 2.99. The van der Waals surface area contributed by atoms with Crippen LogP contribution in [0.25, 0.3) is 0 Å². The number of fused-ring (bicyclic) bond motifs is 2. The van der Waals surface area contributed by atoms with E-state index in [0.29, 0.717) is 32.1 Å². The van der Waals surface area contributed by atoms with E-state index in [1.54, 1.807) is 0 Å². The van der Waals surface area contributed by atoms with Crippen molar-refractivity contribution in [2.24, 2.45) is 11.8 Å². The zero-order chi connectivity index (χ0) is 16.1. The number of nitrogens with zero attached hydrogens (tertiary/aromatic N) is 1. The molecule has 2 bridgehead atoms. The van der Waals surface area contributed by atoms with Crippen molar-refractivity contribution < 1.29 is 27.1 Å². The van der Waals surface area contributed by atoms with E-state index in [1.807, 2.05) is 0 Å². The zero-order valence-corrected chi connectivity index (χ0v) is 13.1. The molecule has 5 nitrogen and oxygen atoms in total. The Bertz CT molecular complexity index is 565. The van der Waals surface area contributed by atoms with Crippen molar-refractivity contribution in [3.8, 4) is 0 Å². The first-order valence-corrected chi connectivity index (χ1v) is 9.45. The van der Waals surface area contributed by atoms with Gasteiger partial charge in [-0.05, 0) is 32.1 Å². The molecule has 0 amide bonds. The van der Waals surface area contributed by atoms with Gasteiger partial charge in [-0.3, -0.25) is 4.79 Å². The summed E-state index contributed by atoms with van der Waals surface area (Å²) < 4.78 is 54.3. The molecule has 1 aliphatic carbocycles. The Hall–Kier alpha value is -0.760. The highest BCUT2D eigenvalue weighted by atomic mass is 32.2. The monoisotopic (exact) mass is 337 g/mol. The summed E-state index contributed by atoms with van der Waals surface area (Å²) in [5, 5.41) is 9.18. The Morgan fingerprint density at radius 3 is 2.55 bits per heavy atom. The molecule has 4 unspecified atom stereocenters. The maximum Gasteiger partial charge on any atom is 0.308 e. The van der Waals surface area contributed by atoms with Crippen LogP contribution >= 0.6 is 0 Å². The molecule has 1 saturated carbocycles. The minimum Gasteiger partial charge on any atom is -0.481 e. The van der Waals surface area contributed by atoms with Gasteiger partial charge in [0.25, 0.3) is 5.92 Å². The second kappa shape index (κ2) is 5.40. The molecule has 0 aromatic rings. The van der Waals surface area contributed by atoms with Crippen LogP contribution in [0.1, 0.15) is 44.9 Å². The van der Waals surface area contributed by atoms with E-state index in [4.69, 9.17) is 0 Å². The van der Waals surface area contributed by atoms with Gasteiger partial charge in [0.15, 0.2) is 0 Å². The number of carbonyl (C=O) groups is 1. The highest BCUT2D eigenvalue weighted by Crippen LogP contribution is 2.46. The number of carboxylic acid groups (broad SMARTS) is 1. The van der Waals surface area contributed by atoms with E-state index >= 15 is 0 Å². The van der Waals surface area contributed by atoms with Crippen LogP contribution in [0.15, 0.2) is 0 Å². The van der Waals surface area contributed by atoms with Crippen molar-refractivity contribution in [1.29, 1.82) is 0 Å². The van der Waals surface area contributed by atoms with E-state index in [0.717, 1.165) is 0 Å². The molecule has 0 aromatic carbocycles. The fourth-order valence-electron chi connectivity index (χ4n) is 4.35. The maximum atomic E-state index is 13.9. The van der Waals surface area contributed by atoms with Gasteiger partial charge < -0.3 is 5.11 Å². The number of hydrogen-bond donors (Lipinski definition) is 1. The van der Waals surface area contributed by atoms with E-state index in [9.17, 15) is 27.1 Å². The molecule has 0 spiro atoms. The van der Waals surface area contributed by atoms with E-state index < -0.39 is 45.5 Å². The van der Waals surface area contributed by atoms with Gasteiger partial charge in [-0.15, -0.1) is 0 Å². The van der Waals surface area contributed by atoms with Gasteiger partial charge in [0.2, 0.25) is 10.0 Å². The lowest BCUT2D eigenvalue weighted by Crippen LogP contribution is -2.44. The second-order valence-corrected chi connectivity index (χ2v) is 8.71. The molecule has 2 aliphatic heterocycles. The van der Waals surface area contributed by atoms with Crippen LogP contribution in [0, 0.1) is 11.8 Å². The summed E-state index contributed by atoms with van der Waals surface area (Å²) in [6, 6.07) is -0.877. The lowest BCUT2D eigenvalue weighted by Gasteiger charge is -2.33. The third kappa shape index (κ3) is 2.64. The molecular formula is C14H21F2NO4S. The Kier molecular flexibility index (Phi) is 3.96. The predicted octanol–water partition coefficient (Wildman–Crippen LogP) is 2.08. The van der Waals surface area contributed by atoms with Gasteiger partial charge in [-0.25, -0.2) is 17.2 Å². The van der Waals surface area contributed by atoms with Gasteiger partial charge in [0, 0.05) is 24.4 Å². The topological polar surface area (TPSA) is 74.7 Å². The number of hydrogen-bond acceptors (Lipinski definition) is 3. The summed E-state index contributed by atoms with van der Waals surface area (Å²) in [6.45, 7) is 0. The lowest BCUT2D eigenvalue weighted by molar-refractivity contribution is -0.142. The Morgan fingerprint density at radius 2 is 1.95 bits per heavy atom. The van der Waals surface area contributed by atoms with E-state index in [-0.39, 0.29) is 18.9 Å². The van der Waals surface area contributed by atoms with Crippen LogP contribution in [0.5, 0.6) is 0 Å². The largest absolute Gasteiger partial charge is 0.481 e. The smallest absolute Gasteiger partial charge is 0.308 e. The standard InChI is InChI=1S/C14H21F2NO4S/c15-14(16)6-2-1-3-9(14)8-22(20,21)17-10-4-5-12(17)11(7-10)13(18)19/h9-12H,1-8H2,(H,18,19). The van der Waals surface area contributed by atoms with Crippen LogP contribution < -0.4 is 0 Å². The van der Waals surface area contributed by atoms with E-state index in [2.05, 4.69) is 0 Å². The molecule has 0 radical (unpaired) electrons. The van der Waals surface area contributed by atoms with Crippen molar-refractivity contribution in [1.82, 2.24) is 4.31 Å². The summed E-state index contributed by atoms with van der Waals surface area (Å²) in [6.07, 6.45) is 2.48. The fraction of sp³-hybridized carbons (Fsp3) is 0.929. The Balaban J connectivity index is 1.78. The number of sulfonamides is 1. The molecular weight excluding hydrogens is 316 g/mol. The van der Waals surface area contributed by atoms with Crippen LogP contribution in [0.2, 0.25) is 0 Å². The second-order valence-electron chi connectivity index (χ2n) is 6.79. The third-order valence-corrected chi connectivity index (χ3v) is 7.47. The number of rotatable bonds is 4. The molecule has 3 aliphatic rings. The summed E-state index contributed by atoms with van der Waals surface area (Å²) in [5.74, 6) is -6.32. The number of alkyl halides is 2. The molecule has 1 N–H and O–H groups in total. The molecule has 8 heteroatoms. The molecule has 22 heavy (non-hydrogen) atoms. The molecule has 2 heterocycles. The van der Waals surface area contributed by atoms with Crippen LogP contribution in [0.3, 0.4) is 0 Å². The SMILES string of the molecule is O=C(O)C1CC2CCC1N2S(=O)(=O)CC1CCCCC1(F)F. The van der Waals surface area contributed by atoms with Crippen LogP contribution in [-0.2, 0) is 14.8 Å². The van der Waals surface area contributed by atoms with Crippen molar-refractivity contribution in [2.45, 2.75) is 63.0 Å². The van der Waals surface area contributed by atoms with Crippen molar-refractivity contribution in [2.75, 3.05) is 5.75 Å². The number of carboxylic acids is 1. The predicted molar refractivity (Wildman–Crippen MR) is 75.1 cm³/mol. The Morgan fingerprint density at radius 1 is 1.23 bits per heavy atom. The van der Waals surface area contributed by atoms with Crippen LogP contribution in [-0.4, -0.2) is 47.6 Å². The quantitative estimate of drug-likeness (QED) is 0.852. The summed E-state index contributed by atoms with van der Waals surface area (Å²) in [7, 11) is -3.84. The fourth-order valence-corrected chi connectivity index (χ4v) is 6.75. The molecule has 2 saturated heterocycles. The Labute approximate surface area is 128 Å². The number of halogens is 2. The number of aliphatic carboxylic acids is 1. The van der Waals surface area contributed by atoms with Gasteiger partial charge in [0.1, 0.15) is 0 Å². The first kappa shape index (κ1) is 16.1. The average molecular weight is 337 g/mol. The first-order chi connectivity index (χ1) is 10.2. The zero-order valence-electron chi connectivity index (χ0n) is 12.2. The first-order valence-electron chi connectivity index (χ1n) is 7.84. The molecule has 3 rings (SSSR count). The van der Waals surface area contributed by atoms with Gasteiger partial charge in [-0.2, -0.15) is 4.31 Å². The van der Waals surface area contributed by atoms with Gasteiger partial charge in [0.05, 0.1) is 11.7 Å². The normalized spacial score (nSPS) is 38.3. The van der Waals surface area contributed by atoms with Crippen LogP contribution in [0.4, 0.5) is 8.78 Å². The molecule has 126 valence electrons. The molecule has 4 atom stereocenters. The minimum atomic E-state index is -3.84. The van der Waals surface area contributed by atoms with Crippen molar-refractivity contribution in [3.63, 3.8) is 0 Å².